The second-order valence-corrected chi connectivity index (χ2v) is 4.58. The Balaban J connectivity index is 0.000000491. The standard InChI is InChI=1S/C9H13N3O5.H3O3P/c10-5-1-2-12(9(16)11-5)8-7(15)6(14)4(3-13)17-8;1-4(2)3/h1-2,4,6-8,13-15H,3H2,(H2,10,11,16);1-3H/t4-,6-,7-,8-;/m1./s1. The van der Waals surface area contributed by atoms with Gasteiger partial charge in [-0.3, -0.25) is 4.57 Å². The first kappa shape index (κ1) is 17.9. The number of aliphatic hydroxyl groups excluding tert-OH is 3. The molecule has 21 heavy (non-hydrogen) atoms. The fourth-order valence-electron chi connectivity index (χ4n) is 1.73. The highest BCUT2D eigenvalue weighted by Crippen LogP contribution is 2.27. The number of aromatic nitrogens is 2. The van der Waals surface area contributed by atoms with E-state index in [1.54, 1.807) is 0 Å². The van der Waals surface area contributed by atoms with Crippen LogP contribution in [0.5, 0.6) is 0 Å². The van der Waals surface area contributed by atoms with Gasteiger partial charge in [0.05, 0.1) is 6.61 Å². The fraction of sp³-hybridized carbons (Fsp3) is 0.556. The number of hydrogen-bond acceptors (Lipinski definition) is 10. The van der Waals surface area contributed by atoms with E-state index in [2.05, 4.69) is 4.98 Å². The molecule has 1 fully saturated rings. The Bertz CT molecular complexity index is 509. The molecular weight excluding hydrogens is 309 g/mol. The Labute approximate surface area is 119 Å². The molecule has 1 saturated heterocycles. The zero-order valence-electron chi connectivity index (χ0n) is 10.6. The molecule has 0 amide bonds. The Morgan fingerprint density at radius 1 is 1.33 bits per heavy atom. The number of ether oxygens (including phenoxy) is 1. The van der Waals surface area contributed by atoms with Crippen LogP contribution in [0.15, 0.2) is 17.1 Å². The molecule has 0 aromatic carbocycles. The third-order valence-corrected chi connectivity index (χ3v) is 2.64. The molecular formula is C9H16N3O8P. The number of aliphatic hydroxyl groups is 3. The minimum atomic E-state index is -2.62. The molecule has 11 nitrogen and oxygen atoms in total. The van der Waals surface area contributed by atoms with Gasteiger partial charge in [0.25, 0.3) is 0 Å². The molecule has 0 unspecified atom stereocenters. The molecule has 2 heterocycles. The van der Waals surface area contributed by atoms with Crippen molar-refractivity contribution in [3.63, 3.8) is 0 Å². The fourth-order valence-corrected chi connectivity index (χ4v) is 1.73. The first-order valence-corrected chi connectivity index (χ1v) is 6.81. The van der Waals surface area contributed by atoms with Crippen LogP contribution in [0.25, 0.3) is 0 Å². The van der Waals surface area contributed by atoms with Gasteiger partial charge in [-0.15, -0.1) is 0 Å². The summed E-state index contributed by atoms with van der Waals surface area (Å²) in [5.74, 6) is 0.0537. The van der Waals surface area contributed by atoms with Crippen LogP contribution in [0.4, 0.5) is 5.82 Å². The number of nitrogens with zero attached hydrogens (tertiary/aromatic N) is 2. The van der Waals surface area contributed by atoms with Gasteiger partial charge in [0, 0.05) is 6.20 Å². The lowest BCUT2D eigenvalue weighted by atomic mass is 10.1. The number of anilines is 1. The molecule has 0 bridgehead atoms. The van der Waals surface area contributed by atoms with Crippen LogP contribution >= 0.6 is 8.60 Å². The summed E-state index contributed by atoms with van der Waals surface area (Å²) < 4.78 is 6.19. The van der Waals surface area contributed by atoms with Crippen molar-refractivity contribution in [3.8, 4) is 0 Å². The van der Waals surface area contributed by atoms with Gasteiger partial charge in [-0.05, 0) is 6.07 Å². The van der Waals surface area contributed by atoms with E-state index in [0.29, 0.717) is 0 Å². The van der Waals surface area contributed by atoms with E-state index < -0.39 is 45.4 Å². The Morgan fingerprint density at radius 2 is 1.90 bits per heavy atom. The Morgan fingerprint density at radius 3 is 2.33 bits per heavy atom. The summed E-state index contributed by atoms with van der Waals surface area (Å²) in [7, 11) is -2.62. The highest BCUT2D eigenvalue weighted by atomic mass is 31.2. The molecule has 0 aliphatic carbocycles. The van der Waals surface area contributed by atoms with E-state index >= 15 is 0 Å². The molecule has 1 aromatic heterocycles. The van der Waals surface area contributed by atoms with Gasteiger partial charge in [0.1, 0.15) is 24.1 Å². The van der Waals surface area contributed by atoms with Crippen molar-refractivity contribution in [2.45, 2.75) is 24.5 Å². The topological polar surface area (TPSA) is 192 Å². The molecule has 2 rings (SSSR count). The number of rotatable bonds is 2. The quantitative estimate of drug-likeness (QED) is 0.270. The molecule has 1 aromatic rings. The normalized spacial score (nSPS) is 28.3. The van der Waals surface area contributed by atoms with E-state index in [1.807, 2.05) is 0 Å². The molecule has 0 spiro atoms. The lowest BCUT2D eigenvalue weighted by Gasteiger charge is -2.16. The average molecular weight is 325 g/mol. The SMILES string of the molecule is Nc1ccn([C@@H]2O[C@H](CO)[C@@H](O)[C@H]2O)c(=O)n1.OP(O)O. The average Bonchev–Trinajstić information content (AvgIpc) is 2.66. The summed E-state index contributed by atoms with van der Waals surface area (Å²) in [4.78, 5) is 36.7. The first-order valence-electron chi connectivity index (χ1n) is 5.61. The minimum Gasteiger partial charge on any atom is -0.394 e. The molecule has 0 radical (unpaired) electrons. The van der Waals surface area contributed by atoms with Crippen LogP contribution in [0.2, 0.25) is 0 Å². The van der Waals surface area contributed by atoms with E-state index in [-0.39, 0.29) is 5.82 Å². The summed E-state index contributed by atoms with van der Waals surface area (Å²) in [6, 6.07) is 1.37. The van der Waals surface area contributed by atoms with Gasteiger partial charge in [0.15, 0.2) is 6.23 Å². The zero-order valence-corrected chi connectivity index (χ0v) is 11.5. The van der Waals surface area contributed by atoms with Gasteiger partial charge < -0.3 is 40.5 Å². The van der Waals surface area contributed by atoms with Gasteiger partial charge in [-0.25, -0.2) is 4.79 Å². The van der Waals surface area contributed by atoms with Crippen LogP contribution in [0, 0.1) is 0 Å². The first-order chi connectivity index (χ1) is 9.77. The van der Waals surface area contributed by atoms with Crippen LogP contribution < -0.4 is 11.4 Å². The molecule has 1 aliphatic rings. The van der Waals surface area contributed by atoms with E-state index in [4.69, 9.17) is 30.3 Å². The van der Waals surface area contributed by atoms with Crippen molar-refractivity contribution >= 4 is 14.4 Å². The van der Waals surface area contributed by atoms with Gasteiger partial charge in [-0.2, -0.15) is 4.98 Å². The van der Waals surface area contributed by atoms with Gasteiger partial charge in [0.2, 0.25) is 0 Å². The molecule has 8 N–H and O–H groups in total. The van der Waals surface area contributed by atoms with Crippen molar-refractivity contribution < 1.29 is 34.7 Å². The largest absolute Gasteiger partial charge is 0.394 e. The third-order valence-electron chi connectivity index (χ3n) is 2.64. The van der Waals surface area contributed by atoms with E-state index in [9.17, 15) is 15.0 Å². The van der Waals surface area contributed by atoms with Crippen molar-refractivity contribution in [3.05, 3.63) is 22.7 Å². The zero-order chi connectivity index (χ0) is 16.2. The molecule has 4 atom stereocenters. The number of nitrogen functional groups attached to an aromatic ring is 1. The van der Waals surface area contributed by atoms with Crippen LogP contribution in [-0.2, 0) is 4.74 Å². The second-order valence-electron chi connectivity index (χ2n) is 4.04. The highest BCUT2D eigenvalue weighted by Gasteiger charge is 2.43. The molecule has 12 heteroatoms. The maximum absolute atomic E-state index is 11.5. The highest BCUT2D eigenvalue weighted by molar-refractivity contribution is 7.38. The Hall–Kier alpha value is -1.17. The summed E-state index contributed by atoms with van der Waals surface area (Å²) >= 11 is 0. The van der Waals surface area contributed by atoms with Crippen molar-refractivity contribution in [2.75, 3.05) is 12.3 Å². The predicted octanol–water partition coefficient (Wildman–Crippen LogP) is -3.37. The van der Waals surface area contributed by atoms with E-state index in [0.717, 1.165) is 4.57 Å². The number of hydrogen-bond donors (Lipinski definition) is 7. The van der Waals surface area contributed by atoms with Crippen LogP contribution in [0.3, 0.4) is 0 Å². The summed E-state index contributed by atoms with van der Waals surface area (Å²) in [6.07, 6.45) is -3.27. The predicted molar refractivity (Wildman–Crippen MR) is 69.5 cm³/mol. The lowest BCUT2D eigenvalue weighted by Crippen LogP contribution is -2.36. The monoisotopic (exact) mass is 325 g/mol. The summed E-state index contributed by atoms with van der Waals surface area (Å²) in [6.45, 7) is -0.453. The Kier molecular flexibility index (Phi) is 6.58. The summed E-state index contributed by atoms with van der Waals surface area (Å²) in [5.41, 5.74) is 4.63. The number of nitrogens with two attached hydrogens (primary N) is 1. The minimum absolute atomic E-state index is 0.0537. The van der Waals surface area contributed by atoms with Crippen LogP contribution in [0.1, 0.15) is 6.23 Å². The maximum Gasteiger partial charge on any atom is 0.351 e. The van der Waals surface area contributed by atoms with Crippen molar-refractivity contribution in [1.82, 2.24) is 9.55 Å². The summed E-state index contributed by atoms with van der Waals surface area (Å²) in [5, 5.41) is 28.2. The van der Waals surface area contributed by atoms with Crippen LogP contribution in [-0.4, -0.2) is 64.5 Å². The van der Waals surface area contributed by atoms with Gasteiger partial charge >= 0.3 is 14.3 Å². The van der Waals surface area contributed by atoms with Crippen molar-refractivity contribution in [1.29, 1.82) is 0 Å². The van der Waals surface area contributed by atoms with Crippen molar-refractivity contribution in [2.24, 2.45) is 0 Å². The lowest BCUT2D eigenvalue weighted by molar-refractivity contribution is -0.0549. The molecule has 0 saturated carbocycles. The molecule has 1 aliphatic heterocycles. The van der Waals surface area contributed by atoms with E-state index in [1.165, 1.54) is 12.3 Å². The second kappa shape index (κ2) is 7.73. The van der Waals surface area contributed by atoms with Gasteiger partial charge in [-0.1, -0.05) is 0 Å². The smallest absolute Gasteiger partial charge is 0.351 e. The third kappa shape index (κ3) is 4.66. The molecule has 120 valence electrons. The maximum atomic E-state index is 11.5.